The average molecular weight is 392 g/mol. The Morgan fingerprint density at radius 3 is 2.69 bits per heavy atom. The van der Waals surface area contributed by atoms with E-state index in [1.165, 1.54) is 0 Å². The molecule has 3 heteroatoms. The number of aromatic nitrogens is 1. The third-order valence-corrected chi connectivity index (χ3v) is 5.59. The summed E-state index contributed by atoms with van der Waals surface area (Å²) in [5, 5.41) is 1.54. The van der Waals surface area contributed by atoms with Gasteiger partial charge in [-0.05, 0) is 49.4 Å². The lowest BCUT2D eigenvalue weighted by Gasteiger charge is -2.14. The first kappa shape index (κ1) is 11.8. The molecule has 2 aromatic heterocycles. The van der Waals surface area contributed by atoms with E-state index in [1.54, 1.807) is 24.6 Å². The van der Waals surface area contributed by atoms with Crippen LogP contribution in [0.4, 0.5) is 5.69 Å². The van der Waals surface area contributed by atoms with Gasteiger partial charge in [-0.2, -0.15) is 4.57 Å². The van der Waals surface area contributed by atoms with Crippen molar-refractivity contribution in [3.05, 3.63) is 69.7 Å². The minimum Gasteiger partial charge on any atom is -0.456 e. The second-order valence-corrected chi connectivity index (χ2v) is 7.48. The highest BCUT2D eigenvalue weighted by Gasteiger charge is 2.25. The van der Waals surface area contributed by atoms with E-state index in [9.17, 15) is 0 Å². The Kier molecular flexibility index (Phi) is 2.74. The monoisotopic (exact) mass is 391 g/mol. The second kappa shape index (κ2) is 6.74. The van der Waals surface area contributed by atoms with Crippen molar-refractivity contribution >= 4 is 27.6 Å². The van der Waals surface area contributed by atoms with Crippen LogP contribution in [0.5, 0.6) is 0 Å². The van der Waals surface area contributed by atoms with Gasteiger partial charge in [0.2, 0.25) is 5.69 Å². The average Bonchev–Trinajstić information content (AvgIpc) is 3.12. The number of aryl methyl sites for hydroxylation is 2. The molecular weight excluding hydrogens is 356 g/mol. The van der Waals surface area contributed by atoms with Crippen molar-refractivity contribution in [3.8, 4) is 11.3 Å². The molecule has 2 heterocycles. The highest BCUT2D eigenvalue weighted by molar-refractivity contribution is 6.10. The van der Waals surface area contributed by atoms with E-state index < -0.39 is 19.6 Å². The number of fused-ring (bicyclic) bond motifs is 3. The van der Waals surface area contributed by atoms with Gasteiger partial charge in [-0.1, -0.05) is 32.0 Å². The van der Waals surface area contributed by atoms with Gasteiger partial charge in [-0.25, -0.2) is 4.85 Å². The van der Waals surface area contributed by atoms with E-state index in [-0.39, 0.29) is 28.6 Å². The molecular formula is C26H27N2O+. The van der Waals surface area contributed by atoms with Crippen LogP contribution in [-0.4, -0.2) is 0 Å². The Labute approximate surface area is 183 Å². The van der Waals surface area contributed by atoms with E-state index in [0.717, 1.165) is 28.8 Å². The zero-order valence-electron chi connectivity index (χ0n) is 25.1. The molecule has 0 fully saturated rings. The number of nitrogens with zero attached hydrogens (tertiary/aromatic N) is 2. The minimum atomic E-state index is -2.89. The van der Waals surface area contributed by atoms with Crippen molar-refractivity contribution in [3.63, 3.8) is 0 Å². The smallest absolute Gasteiger partial charge is 0.216 e. The zero-order chi connectivity index (χ0) is 27.8. The van der Waals surface area contributed by atoms with Crippen LogP contribution >= 0.6 is 0 Å². The summed E-state index contributed by atoms with van der Waals surface area (Å²) in [4.78, 5) is 3.55. The fourth-order valence-electron chi connectivity index (χ4n) is 3.79. The van der Waals surface area contributed by atoms with Gasteiger partial charge in [-0.15, -0.1) is 0 Å². The van der Waals surface area contributed by atoms with Crippen LogP contribution in [0.25, 0.3) is 38.0 Å². The van der Waals surface area contributed by atoms with Crippen LogP contribution in [-0.2, 0) is 7.05 Å². The Morgan fingerprint density at radius 2 is 2.00 bits per heavy atom. The number of hydrogen-bond donors (Lipinski definition) is 0. The molecule has 0 bridgehead atoms. The minimum absolute atomic E-state index is 0.238. The van der Waals surface area contributed by atoms with E-state index in [1.807, 2.05) is 32.0 Å². The van der Waals surface area contributed by atoms with Crippen LogP contribution < -0.4 is 4.57 Å². The predicted molar refractivity (Wildman–Crippen MR) is 120 cm³/mol. The number of rotatable bonds is 2. The topological polar surface area (TPSA) is 21.4 Å². The summed E-state index contributed by atoms with van der Waals surface area (Å²) in [7, 11) is 1.63. The normalized spacial score (nSPS) is 18.5. The third kappa shape index (κ3) is 2.83. The molecule has 1 atom stereocenters. The van der Waals surface area contributed by atoms with Crippen molar-refractivity contribution in [2.24, 2.45) is 7.05 Å². The Morgan fingerprint density at radius 1 is 1.21 bits per heavy atom. The summed E-state index contributed by atoms with van der Waals surface area (Å²) in [6.07, 6.45) is 0. The summed E-state index contributed by atoms with van der Waals surface area (Å²) in [6.45, 7) is 8.17. The quantitative estimate of drug-likeness (QED) is 0.267. The largest absolute Gasteiger partial charge is 0.456 e. The van der Waals surface area contributed by atoms with Gasteiger partial charge in [0.05, 0.1) is 13.5 Å². The van der Waals surface area contributed by atoms with Crippen LogP contribution in [0, 0.1) is 34.2 Å². The Hall–Kier alpha value is -3.12. The molecule has 0 N–H and O–H groups in total. The SMILES string of the molecule is [2H]c1c(C([2H])(C)C([2H])([2H])[2H])c(C([2H])([2H])[2H])c(C)[n+](C)c1-c1c(C)ccc2c1oc1cc([N+]#[C-])c(C)cc12. The summed E-state index contributed by atoms with van der Waals surface area (Å²) >= 11 is 0. The van der Waals surface area contributed by atoms with Crippen LogP contribution in [0.3, 0.4) is 0 Å². The maximum Gasteiger partial charge on any atom is 0.216 e. The van der Waals surface area contributed by atoms with Crippen LogP contribution in [0.2, 0.25) is 0 Å². The van der Waals surface area contributed by atoms with Gasteiger partial charge in [0.1, 0.15) is 18.2 Å². The van der Waals surface area contributed by atoms with E-state index in [2.05, 4.69) is 4.85 Å². The van der Waals surface area contributed by atoms with Crippen molar-refractivity contribution in [2.45, 2.75) is 47.3 Å². The molecule has 4 aromatic rings. The molecule has 0 aliphatic heterocycles. The van der Waals surface area contributed by atoms with Crippen LogP contribution in [0.1, 0.15) is 58.6 Å². The third-order valence-electron chi connectivity index (χ3n) is 5.59. The first-order valence-electron chi connectivity index (χ1n) is 13.3. The van der Waals surface area contributed by atoms with E-state index in [0.29, 0.717) is 22.4 Å². The molecule has 2 aromatic carbocycles. The standard InChI is InChI=1S/C26H27N2O/c1-14(2)20-12-23(28(8)18(6)17(20)5)25-15(3)9-10-19-21-11-16(4)22(27-7)13-24(21)29-26(19)25/h9-14H,1-6,8H3/q+1/i1D3,5D3,12D,14D. The van der Waals surface area contributed by atoms with Gasteiger partial charge in [0.25, 0.3) is 0 Å². The molecule has 0 aliphatic carbocycles. The van der Waals surface area contributed by atoms with E-state index in [4.69, 9.17) is 22.0 Å². The summed E-state index contributed by atoms with van der Waals surface area (Å²) in [5.74, 6) is -2.36. The molecule has 3 nitrogen and oxygen atoms in total. The number of benzene rings is 2. The lowest BCUT2D eigenvalue weighted by Crippen LogP contribution is -2.36. The van der Waals surface area contributed by atoms with Crippen molar-refractivity contribution in [1.29, 1.82) is 0 Å². The van der Waals surface area contributed by atoms with Gasteiger partial charge < -0.3 is 4.42 Å². The van der Waals surface area contributed by atoms with Gasteiger partial charge in [0, 0.05) is 38.9 Å². The Bertz CT molecular complexity index is 1640. The van der Waals surface area contributed by atoms with E-state index >= 15 is 0 Å². The molecule has 0 amide bonds. The lowest BCUT2D eigenvalue weighted by atomic mass is 9.93. The molecule has 4 rings (SSSR count). The van der Waals surface area contributed by atoms with Gasteiger partial charge >= 0.3 is 0 Å². The first-order chi connectivity index (χ1) is 16.9. The molecule has 0 radical (unpaired) electrons. The fraction of sp³-hybridized carbons (Fsp3) is 0.308. The number of furan rings is 1. The fourth-order valence-corrected chi connectivity index (χ4v) is 3.79. The molecule has 0 saturated heterocycles. The van der Waals surface area contributed by atoms with Gasteiger partial charge in [0.15, 0.2) is 11.4 Å². The molecule has 146 valence electrons. The lowest BCUT2D eigenvalue weighted by molar-refractivity contribution is -0.667. The zero-order valence-corrected chi connectivity index (χ0v) is 17.1. The van der Waals surface area contributed by atoms with Crippen molar-refractivity contribution < 1.29 is 20.0 Å². The highest BCUT2D eigenvalue weighted by atomic mass is 16.3. The highest BCUT2D eigenvalue weighted by Crippen LogP contribution is 2.40. The summed E-state index contributed by atoms with van der Waals surface area (Å²) in [6, 6.07) is 6.95. The van der Waals surface area contributed by atoms with Crippen molar-refractivity contribution in [2.75, 3.05) is 0 Å². The Balaban J connectivity index is 2.23. The van der Waals surface area contributed by atoms with Gasteiger partial charge in [-0.3, -0.25) is 0 Å². The predicted octanol–water partition coefficient (Wildman–Crippen LogP) is 6.99. The maximum absolute atomic E-state index is 9.16. The molecule has 0 spiro atoms. The van der Waals surface area contributed by atoms with Crippen molar-refractivity contribution in [1.82, 2.24) is 0 Å². The maximum atomic E-state index is 9.16. The summed E-state index contributed by atoms with van der Waals surface area (Å²) < 4.78 is 74.2. The molecule has 1 unspecified atom stereocenters. The first-order valence-corrected chi connectivity index (χ1v) is 9.32. The van der Waals surface area contributed by atoms with Crippen LogP contribution in [0.15, 0.2) is 34.7 Å². The molecule has 0 saturated carbocycles. The molecule has 0 aliphatic rings. The summed E-state index contributed by atoms with van der Waals surface area (Å²) in [5.41, 5.74) is 3.26. The number of hydrogen-bond acceptors (Lipinski definition) is 1. The molecule has 29 heavy (non-hydrogen) atoms. The number of pyridine rings is 1. The second-order valence-electron chi connectivity index (χ2n) is 7.48.